The second-order valence-electron chi connectivity index (χ2n) is 4.36. The summed E-state index contributed by atoms with van der Waals surface area (Å²) < 4.78 is 1.86. The molecule has 1 heterocycles. The average molecular weight is 221 g/mol. The van der Waals surface area contributed by atoms with Crippen molar-refractivity contribution in [3.63, 3.8) is 0 Å². The number of carbonyl (C=O) groups is 1. The van der Waals surface area contributed by atoms with Crippen molar-refractivity contribution in [1.82, 2.24) is 15.1 Å². The molecule has 4 nitrogen and oxygen atoms in total. The first-order valence-electron chi connectivity index (χ1n) is 6.07. The van der Waals surface area contributed by atoms with Crippen LogP contribution in [0.25, 0.3) is 0 Å². The van der Waals surface area contributed by atoms with Crippen molar-refractivity contribution in [2.75, 3.05) is 6.54 Å². The number of carbonyl (C=O) groups excluding carboxylic acids is 1. The van der Waals surface area contributed by atoms with Crippen molar-refractivity contribution >= 4 is 5.91 Å². The van der Waals surface area contributed by atoms with Crippen molar-refractivity contribution < 1.29 is 4.79 Å². The van der Waals surface area contributed by atoms with E-state index in [0.717, 1.165) is 44.2 Å². The van der Waals surface area contributed by atoms with E-state index in [1.165, 1.54) is 5.69 Å². The highest BCUT2D eigenvalue weighted by atomic mass is 16.1. The van der Waals surface area contributed by atoms with Gasteiger partial charge in [-0.1, -0.05) is 13.3 Å². The van der Waals surface area contributed by atoms with Crippen LogP contribution in [0.5, 0.6) is 0 Å². The minimum Gasteiger partial charge on any atom is -0.351 e. The van der Waals surface area contributed by atoms with E-state index in [2.05, 4.69) is 17.3 Å². The van der Waals surface area contributed by atoms with Gasteiger partial charge in [-0.2, -0.15) is 5.10 Å². The highest BCUT2D eigenvalue weighted by molar-refractivity contribution is 5.94. The van der Waals surface area contributed by atoms with Crippen LogP contribution in [-0.2, 0) is 19.9 Å². The lowest BCUT2D eigenvalue weighted by Crippen LogP contribution is -2.25. The molecular formula is C12H19N3O. The number of nitrogens with one attached hydrogen (secondary N) is 1. The largest absolute Gasteiger partial charge is 0.351 e. The fourth-order valence-corrected chi connectivity index (χ4v) is 2.26. The molecule has 1 aromatic rings. The van der Waals surface area contributed by atoms with E-state index in [9.17, 15) is 4.79 Å². The second kappa shape index (κ2) is 4.68. The SMILES string of the molecule is CCCCNC(=O)c1nn(C)c2c1CCC2. The van der Waals surface area contributed by atoms with Gasteiger partial charge in [0.1, 0.15) is 0 Å². The van der Waals surface area contributed by atoms with Crippen molar-refractivity contribution in [3.05, 3.63) is 17.0 Å². The molecule has 2 rings (SSSR count). The van der Waals surface area contributed by atoms with Gasteiger partial charge in [-0.05, 0) is 25.7 Å². The van der Waals surface area contributed by atoms with Crippen molar-refractivity contribution in [2.45, 2.75) is 39.0 Å². The van der Waals surface area contributed by atoms with Crippen LogP contribution in [0.15, 0.2) is 0 Å². The molecule has 16 heavy (non-hydrogen) atoms. The fraction of sp³-hybridized carbons (Fsp3) is 0.667. The van der Waals surface area contributed by atoms with Gasteiger partial charge in [0.25, 0.3) is 5.91 Å². The van der Waals surface area contributed by atoms with Crippen LogP contribution in [0, 0.1) is 0 Å². The van der Waals surface area contributed by atoms with Gasteiger partial charge in [-0.25, -0.2) is 0 Å². The van der Waals surface area contributed by atoms with E-state index < -0.39 is 0 Å². The Morgan fingerprint density at radius 2 is 2.31 bits per heavy atom. The molecule has 0 unspecified atom stereocenters. The number of unbranched alkanes of at least 4 members (excludes halogenated alkanes) is 1. The van der Waals surface area contributed by atoms with E-state index in [0.29, 0.717) is 5.69 Å². The number of aryl methyl sites for hydroxylation is 1. The monoisotopic (exact) mass is 221 g/mol. The summed E-state index contributed by atoms with van der Waals surface area (Å²) >= 11 is 0. The van der Waals surface area contributed by atoms with E-state index in [-0.39, 0.29) is 5.91 Å². The quantitative estimate of drug-likeness (QED) is 0.782. The fourth-order valence-electron chi connectivity index (χ4n) is 2.26. The van der Waals surface area contributed by atoms with Gasteiger partial charge in [0, 0.05) is 24.8 Å². The second-order valence-corrected chi connectivity index (χ2v) is 4.36. The molecule has 0 fully saturated rings. The number of fused-ring (bicyclic) bond motifs is 1. The van der Waals surface area contributed by atoms with Crippen LogP contribution in [-0.4, -0.2) is 22.2 Å². The van der Waals surface area contributed by atoms with Crippen molar-refractivity contribution in [3.8, 4) is 0 Å². The van der Waals surface area contributed by atoms with Gasteiger partial charge in [-0.15, -0.1) is 0 Å². The highest BCUT2D eigenvalue weighted by Crippen LogP contribution is 2.24. The van der Waals surface area contributed by atoms with Gasteiger partial charge in [-0.3, -0.25) is 9.48 Å². The molecule has 88 valence electrons. The van der Waals surface area contributed by atoms with Gasteiger partial charge in [0.15, 0.2) is 5.69 Å². The molecule has 0 aliphatic heterocycles. The van der Waals surface area contributed by atoms with Crippen LogP contribution in [0.4, 0.5) is 0 Å². The first-order valence-corrected chi connectivity index (χ1v) is 6.07. The summed E-state index contributed by atoms with van der Waals surface area (Å²) in [5, 5.41) is 7.24. The minimum atomic E-state index is -0.00722. The standard InChI is InChI=1S/C12H19N3O/c1-3-4-8-13-12(16)11-9-6-5-7-10(9)15(2)14-11/h3-8H2,1-2H3,(H,13,16). The Bertz CT molecular complexity index is 395. The number of aromatic nitrogens is 2. The number of hydrogen-bond acceptors (Lipinski definition) is 2. The Morgan fingerprint density at radius 1 is 1.50 bits per heavy atom. The number of rotatable bonds is 4. The zero-order valence-corrected chi connectivity index (χ0v) is 10.0. The van der Waals surface area contributed by atoms with Crippen LogP contribution < -0.4 is 5.32 Å². The Hall–Kier alpha value is -1.32. The molecule has 0 radical (unpaired) electrons. The summed E-state index contributed by atoms with van der Waals surface area (Å²) in [6.45, 7) is 2.87. The summed E-state index contributed by atoms with van der Waals surface area (Å²) in [6, 6.07) is 0. The molecule has 0 aromatic carbocycles. The van der Waals surface area contributed by atoms with Crippen LogP contribution in [0.2, 0.25) is 0 Å². The summed E-state index contributed by atoms with van der Waals surface area (Å²) in [5.41, 5.74) is 3.04. The summed E-state index contributed by atoms with van der Waals surface area (Å²) in [5.74, 6) is -0.00722. The molecular weight excluding hydrogens is 202 g/mol. The lowest BCUT2D eigenvalue weighted by Gasteiger charge is -2.02. The Labute approximate surface area is 96.0 Å². The Morgan fingerprint density at radius 3 is 3.06 bits per heavy atom. The van der Waals surface area contributed by atoms with Gasteiger partial charge in [0.05, 0.1) is 0 Å². The van der Waals surface area contributed by atoms with Gasteiger partial charge < -0.3 is 5.32 Å². The molecule has 0 atom stereocenters. The van der Waals surface area contributed by atoms with Gasteiger partial charge >= 0.3 is 0 Å². The summed E-state index contributed by atoms with van der Waals surface area (Å²) in [6.07, 6.45) is 5.33. The van der Waals surface area contributed by atoms with E-state index >= 15 is 0 Å². The third-order valence-corrected chi connectivity index (χ3v) is 3.15. The normalized spacial score (nSPS) is 13.9. The molecule has 1 amide bonds. The molecule has 1 N–H and O–H groups in total. The third-order valence-electron chi connectivity index (χ3n) is 3.15. The average Bonchev–Trinajstić information content (AvgIpc) is 2.83. The number of nitrogens with zero attached hydrogens (tertiary/aromatic N) is 2. The summed E-state index contributed by atoms with van der Waals surface area (Å²) in [4.78, 5) is 11.9. The topological polar surface area (TPSA) is 46.9 Å². The maximum Gasteiger partial charge on any atom is 0.272 e. The van der Waals surface area contributed by atoms with Crippen LogP contribution in [0.1, 0.15) is 47.9 Å². The Balaban J connectivity index is 2.09. The molecule has 1 aromatic heterocycles. The molecule has 4 heteroatoms. The summed E-state index contributed by atoms with van der Waals surface area (Å²) in [7, 11) is 1.92. The van der Waals surface area contributed by atoms with Crippen molar-refractivity contribution in [2.24, 2.45) is 7.05 Å². The minimum absolute atomic E-state index is 0.00722. The maximum atomic E-state index is 11.9. The zero-order chi connectivity index (χ0) is 11.5. The predicted molar refractivity (Wildman–Crippen MR) is 62.5 cm³/mol. The first kappa shape index (κ1) is 11.2. The van der Waals surface area contributed by atoms with E-state index in [4.69, 9.17) is 0 Å². The highest BCUT2D eigenvalue weighted by Gasteiger charge is 2.24. The van der Waals surface area contributed by atoms with Crippen LogP contribution >= 0.6 is 0 Å². The van der Waals surface area contributed by atoms with Crippen molar-refractivity contribution in [1.29, 1.82) is 0 Å². The molecule has 1 aliphatic rings. The Kier molecular flexibility index (Phi) is 3.27. The van der Waals surface area contributed by atoms with Crippen LogP contribution in [0.3, 0.4) is 0 Å². The van der Waals surface area contributed by atoms with Gasteiger partial charge in [0.2, 0.25) is 0 Å². The lowest BCUT2D eigenvalue weighted by molar-refractivity contribution is 0.0946. The molecule has 0 saturated heterocycles. The molecule has 0 bridgehead atoms. The molecule has 0 spiro atoms. The smallest absolute Gasteiger partial charge is 0.272 e. The predicted octanol–water partition coefficient (Wildman–Crippen LogP) is 1.44. The lowest BCUT2D eigenvalue weighted by atomic mass is 10.2. The first-order chi connectivity index (χ1) is 7.74. The number of amides is 1. The maximum absolute atomic E-state index is 11.9. The van der Waals surface area contributed by atoms with E-state index in [1.54, 1.807) is 0 Å². The number of hydrogen-bond donors (Lipinski definition) is 1. The molecule has 1 aliphatic carbocycles. The zero-order valence-electron chi connectivity index (χ0n) is 10.0. The van der Waals surface area contributed by atoms with E-state index in [1.807, 2.05) is 11.7 Å². The third kappa shape index (κ3) is 1.96. The molecule has 0 saturated carbocycles.